The number of hydrogen-bond donors (Lipinski definition) is 1. The fraction of sp³-hybridized carbons (Fsp3) is 0.0833. The third-order valence-corrected chi connectivity index (χ3v) is 6.49. The van der Waals surface area contributed by atoms with Crippen molar-refractivity contribution >= 4 is 68.8 Å². The Morgan fingerprint density at radius 1 is 1.18 bits per heavy atom. The number of carbonyl (C=O) groups is 1. The average Bonchev–Trinajstić information content (AvgIpc) is 3.12. The van der Waals surface area contributed by atoms with Crippen LogP contribution in [-0.2, 0) is 11.4 Å². The number of amides is 1. The first-order chi connectivity index (χ1) is 15.9. The van der Waals surface area contributed by atoms with Crippen LogP contribution in [0.3, 0.4) is 0 Å². The molecule has 3 aromatic carbocycles. The zero-order valence-corrected chi connectivity index (χ0v) is 21.0. The molecule has 1 fully saturated rings. The lowest BCUT2D eigenvalue weighted by atomic mass is 10.2. The van der Waals surface area contributed by atoms with Crippen LogP contribution in [0.4, 0.5) is 10.1 Å². The van der Waals surface area contributed by atoms with Gasteiger partial charge in [-0.3, -0.25) is 4.79 Å². The van der Waals surface area contributed by atoms with Gasteiger partial charge in [0, 0.05) is 5.02 Å². The Balaban J connectivity index is 1.53. The van der Waals surface area contributed by atoms with Crippen molar-refractivity contribution in [1.29, 1.82) is 0 Å². The lowest BCUT2D eigenvalue weighted by Crippen LogP contribution is -2.19. The molecule has 4 rings (SSSR count). The second kappa shape index (κ2) is 10.6. The number of ether oxygens (including phenoxy) is 2. The zero-order chi connectivity index (χ0) is 23.4. The summed E-state index contributed by atoms with van der Waals surface area (Å²) in [6.07, 6.45) is 1.77. The molecule has 1 aliphatic heterocycles. The molecule has 9 heteroatoms. The highest BCUT2D eigenvalue weighted by molar-refractivity contribution is 14.1. The minimum atomic E-state index is -0.314. The van der Waals surface area contributed by atoms with Gasteiger partial charge in [-0.15, -0.1) is 0 Å². The van der Waals surface area contributed by atoms with Crippen LogP contribution >= 0.6 is 46.0 Å². The van der Waals surface area contributed by atoms with Crippen molar-refractivity contribution in [2.75, 3.05) is 7.11 Å². The van der Waals surface area contributed by atoms with Gasteiger partial charge < -0.3 is 14.8 Å². The minimum absolute atomic E-state index is 0.202. The number of benzene rings is 3. The summed E-state index contributed by atoms with van der Waals surface area (Å²) in [5.41, 5.74) is 2.18. The SMILES string of the molecule is COc1cc(/C=C2\SC(=Nc3ccc(Cl)cc3)NC2=O)cc(I)c1OCc1cccc(F)c1. The van der Waals surface area contributed by atoms with Gasteiger partial charge in [-0.05, 0) is 100 Å². The number of hydrogen-bond acceptors (Lipinski definition) is 5. The molecule has 3 aromatic rings. The summed E-state index contributed by atoms with van der Waals surface area (Å²) in [5.74, 6) is 0.529. The smallest absolute Gasteiger partial charge is 0.264 e. The molecule has 1 aliphatic rings. The second-order valence-corrected chi connectivity index (χ2v) is 9.54. The fourth-order valence-electron chi connectivity index (χ4n) is 3.01. The quantitative estimate of drug-likeness (QED) is 0.259. The first-order valence-electron chi connectivity index (χ1n) is 9.71. The molecule has 0 saturated carbocycles. The lowest BCUT2D eigenvalue weighted by molar-refractivity contribution is -0.115. The number of methoxy groups -OCH3 is 1. The first-order valence-corrected chi connectivity index (χ1v) is 12.0. The number of nitrogens with zero attached hydrogens (tertiary/aromatic N) is 1. The molecule has 1 saturated heterocycles. The molecule has 0 aliphatic carbocycles. The molecule has 0 spiro atoms. The van der Waals surface area contributed by atoms with Gasteiger partial charge in [0.2, 0.25) is 0 Å². The number of nitrogens with one attached hydrogen (secondary N) is 1. The summed E-state index contributed by atoms with van der Waals surface area (Å²) < 4.78 is 25.6. The summed E-state index contributed by atoms with van der Waals surface area (Å²) in [6, 6.07) is 17.0. The molecule has 0 aromatic heterocycles. The largest absolute Gasteiger partial charge is 0.493 e. The third-order valence-electron chi connectivity index (χ3n) is 4.53. The number of thioether (sulfide) groups is 1. The predicted molar refractivity (Wildman–Crippen MR) is 139 cm³/mol. The van der Waals surface area contributed by atoms with Crippen LogP contribution in [0.5, 0.6) is 11.5 Å². The van der Waals surface area contributed by atoms with Gasteiger partial charge in [-0.25, -0.2) is 9.38 Å². The summed E-state index contributed by atoms with van der Waals surface area (Å²) in [7, 11) is 1.55. The molecule has 1 heterocycles. The van der Waals surface area contributed by atoms with Gasteiger partial charge in [0.05, 0.1) is 21.3 Å². The molecular weight excluding hydrogens is 578 g/mol. The summed E-state index contributed by atoms with van der Waals surface area (Å²) >= 11 is 9.30. The van der Waals surface area contributed by atoms with Gasteiger partial charge in [0.25, 0.3) is 5.91 Å². The van der Waals surface area contributed by atoms with Crippen molar-refractivity contribution in [3.63, 3.8) is 0 Å². The Hall–Kier alpha value is -2.56. The van der Waals surface area contributed by atoms with Crippen LogP contribution in [0, 0.1) is 9.39 Å². The molecule has 168 valence electrons. The van der Waals surface area contributed by atoms with E-state index >= 15 is 0 Å². The van der Waals surface area contributed by atoms with Gasteiger partial charge in [-0.1, -0.05) is 23.7 Å². The molecule has 33 heavy (non-hydrogen) atoms. The third kappa shape index (κ3) is 6.07. The van der Waals surface area contributed by atoms with E-state index in [4.69, 9.17) is 21.1 Å². The van der Waals surface area contributed by atoms with E-state index in [-0.39, 0.29) is 18.3 Å². The molecule has 1 amide bonds. The maximum atomic E-state index is 13.4. The Kier molecular flexibility index (Phi) is 7.56. The molecule has 0 atom stereocenters. The molecule has 0 radical (unpaired) electrons. The minimum Gasteiger partial charge on any atom is -0.493 e. The maximum absolute atomic E-state index is 13.4. The van der Waals surface area contributed by atoms with Crippen molar-refractivity contribution in [3.05, 3.63) is 91.1 Å². The van der Waals surface area contributed by atoms with Gasteiger partial charge in [0.1, 0.15) is 12.4 Å². The summed E-state index contributed by atoms with van der Waals surface area (Å²) in [4.78, 5) is 17.4. The predicted octanol–water partition coefficient (Wildman–Crippen LogP) is 6.56. The van der Waals surface area contributed by atoms with Crippen LogP contribution < -0.4 is 14.8 Å². The maximum Gasteiger partial charge on any atom is 0.264 e. The second-order valence-electron chi connectivity index (χ2n) is 6.91. The molecule has 0 unspecified atom stereocenters. The molecule has 0 bridgehead atoms. The number of amidine groups is 1. The zero-order valence-electron chi connectivity index (χ0n) is 17.3. The van der Waals surface area contributed by atoms with E-state index in [1.165, 1.54) is 23.9 Å². The van der Waals surface area contributed by atoms with Gasteiger partial charge >= 0.3 is 0 Å². The van der Waals surface area contributed by atoms with Crippen molar-refractivity contribution in [1.82, 2.24) is 5.32 Å². The number of carbonyl (C=O) groups excluding carboxylic acids is 1. The first kappa shape index (κ1) is 23.6. The number of rotatable bonds is 6. The van der Waals surface area contributed by atoms with Crippen molar-refractivity contribution in [2.24, 2.45) is 4.99 Å². The molecular formula is C24H17ClFIN2O3S. The Labute approximate surface area is 213 Å². The average molecular weight is 595 g/mol. The van der Waals surface area contributed by atoms with E-state index in [0.717, 1.165) is 9.13 Å². The van der Waals surface area contributed by atoms with Crippen molar-refractivity contribution in [3.8, 4) is 11.5 Å². The van der Waals surface area contributed by atoms with Crippen LogP contribution in [0.2, 0.25) is 5.02 Å². The van der Waals surface area contributed by atoms with Crippen LogP contribution in [0.15, 0.2) is 70.6 Å². The Bertz CT molecular complexity index is 1270. The van der Waals surface area contributed by atoms with E-state index in [0.29, 0.717) is 37.8 Å². The van der Waals surface area contributed by atoms with E-state index < -0.39 is 0 Å². The van der Waals surface area contributed by atoms with Crippen LogP contribution in [0.25, 0.3) is 6.08 Å². The van der Waals surface area contributed by atoms with Gasteiger partial charge in [-0.2, -0.15) is 0 Å². The highest BCUT2D eigenvalue weighted by Gasteiger charge is 2.24. The highest BCUT2D eigenvalue weighted by Crippen LogP contribution is 2.36. The number of halogens is 3. The van der Waals surface area contributed by atoms with Crippen molar-refractivity contribution < 1.29 is 18.7 Å². The standard InChI is InChI=1S/C24H17ClFIN2O3S/c1-31-20-11-15(10-19(27)22(20)32-13-14-3-2-4-17(26)9-14)12-21-23(30)29-24(33-21)28-18-7-5-16(25)6-8-18/h2-12H,13H2,1H3,(H,28,29,30)/b21-12-. The monoisotopic (exact) mass is 594 g/mol. The van der Waals surface area contributed by atoms with E-state index in [9.17, 15) is 9.18 Å². The topological polar surface area (TPSA) is 59.9 Å². The van der Waals surface area contributed by atoms with Crippen LogP contribution in [0.1, 0.15) is 11.1 Å². The normalized spacial score (nSPS) is 15.7. The Morgan fingerprint density at radius 3 is 2.70 bits per heavy atom. The van der Waals surface area contributed by atoms with Crippen molar-refractivity contribution in [2.45, 2.75) is 6.61 Å². The van der Waals surface area contributed by atoms with E-state index in [2.05, 4.69) is 32.9 Å². The highest BCUT2D eigenvalue weighted by atomic mass is 127. The summed E-state index contributed by atoms with van der Waals surface area (Å²) in [5, 5.41) is 3.88. The molecule has 5 nitrogen and oxygen atoms in total. The van der Waals surface area contributed by atoms with E-state index in [1.54, 1.807) is 55.7 Å². The molecule has 1 N–H and O–H groups in total. The van der Waals surface area contributed by atoms with Crippen LogP contribution in [-0.4, -0.2) is 18.2 Å². The van der Waals surface area contributed by atoms with E-state index in [1.807, 2.05) is 6.07 Å². The number of aliphatic imine (C=N–C) groups is 1. The Morgan fingerprint density at radius 2 is 1.97 bits per heavy atom. The van der Waals surface area contributed by atoms with Gasteiger partial charge in [0.15, 0.2) is 16.7 Å². The fourth-order valence-corrected chi connectivity index (χ4v) is 4.76. The summed E-state index contributed by atoms with van der Waals surface area (Å²) in [6.45, 7) is 0.202. The lowest BCUT2D eigenvalue weighted by Gasteiger charge is -2.14.